The van der Waals surface area contributed by atoms with Crippen LogP contribution < -0.4 is 0 Å². The molecule has 0 heterocycles. The smallest absolute Gasteiger partial charge is 0.211 e. The molecule has 0 N–H and O–H groups in total. The maximum absolute atomic E-state index is 5.93. The number of hydrogen-bond acceptors (Lipinski definition) is 1. The van der Waals surface area contributed by atoms with Crippen LogP contribution in [0.2, 0.25) is 13.1 Å². The molecular formula is C11H20OSi. The van der Waals surface area contributed by atoms with Gasteiger partial charge in [-0.2, -0.15) is 0 Å². The third kappa shape index (κ3) is 4.25. The van der Waals surface area contributed by atoms with Crippen molar-refractivity contribution in [3.05, 3.63) is 36.6 Å². The maximum atomic E-state index is 5.93. The summed E-state index contributed by atoms with van der Waals surface area (Å²) in [5, 5.41) is 0. The molecule has 0 rings (SSSR count). The van der Waals surface area contributed by atoms with E-state index in [2.05, 4.69) is 32.8 Å². The van der Waals surface area contributed by atoms with E-state index in [1.807, 2.05) is 19.5 Å². The third-order valence-corrected chi connectivity index (χ3v) is 3.63. The van der Waals surface area contributed by atoms with Gasteiger partial charge in [0.1, 0.15) is 0 Å². The summed E-state index contributed by atoms with van der Waals surface area (Å²) in [7, 11) is -1.72. The maximum Gasteiger partial charge on any atom is 0.211 e. The molecular weight excluding hydrogens is 176 g/mol. The molecule has 2 heteroatoms. The highest BCUT2D eigenvalue weighted by Crippen LogP contribution is 2.18. The van der Waals surface area contributed by atoms with Gasteiger partial charge in [-0.15, -0.1) is 6.58 Å². The van der Waals surface area contributed by atoms with Gasteiger partial charge in [-0.3, -0.25) is 0 Å². The lowest BCUT2D eigenvalue weighted by Crippen LogP contribution is -2.34. The second-order valence-electron chi connectivity index (χ2n) is 4.00. The lowest BCUT2D eigenvalue weighted by Gasteiger charge is -2.27. The first-order valence-corrected chi connectivity index (χ1v) is 7.41. The minimum atomic E-state index is -1.72. The molecule has 0 unspecified atom stereocenters. The molecule has 0 aliphatic rings. The Balaban J connectivity index is 4.53. The van der Waals surface area contributed by atoms with E-state index in [1.165, 1.54) is 0 Å². The van der Waals surface area contributed by atoms with E-state index in [9.17, 15) is 0 Å². The molecule has 74 valence electrons. The van der Waals surface area contributed by atoms with Crippen LogP contribution in [0, 0.1) is 0 Å². The Morgan fingerprint density at radius 2 is 1.62 bits per heavy atom. The van der Waals surface area contributed by atoms with Crippen LogP contribution >= 0.6 is 0 Å². The van der Waals surface area contributed by atoms with E-state index in [1.54, 1.807) is 0 Å². The lowest BCUT2D eigenvalue weighted by molar-refractivity contribution is 0.269. The molecule has 13 heavy (non-hydrogen) atoms. The second-order valence-corrected chi connectivity index (χ2v) is 7.85. The van der Waals surface area contributed by atoms with E-state index in [4.69, 9.17) is 4.43 Å². The van der Waals surface area contributed by atoms with E-state index >= 15 is 0 Å². The van der Waals surface area contributed by atoms with Crippen LogP contribution in [0.15, 0.2) is 36.6 Å². The van der Waals surface area contributed by atoms with Crippen molar-refractivity contribution in [2.45, 2.75) is 33.0 Å². The monoisotopic (exact) mass is 196 g/mol. The molecule has 0 aromatic heterocycles. The Bertz CT molecular complexity index is 214. The summed E-state index contributed by atoms with van der Waals surface area (Å²) >= 11 is 0. The fourth-order valence-corrected chi connectivity index (χ4v) is 2.08. The summed E-state index contributed by atoms with van der Waals surface area (Å²) in [6.07, 6.45) is -0.0142. The second kappa shape index (κ2) is 4.58. The van der Waals surface area contributed by atoms with Gasteiger partial charge in [0.15, 0.2) is 0 Å². The van der Waals surface area contributed by atoms with Crippen LogP contribution in [-0.4, -0.2) is 14.4 Å². The van der Waals surface area contributed by atoms with Crippen LogP contribution in [0.4, 0.5) is 0 Å². The molecule has 0 aliphatic carbocycles. The van der Waals surface area contributed by atoms with Crippen molar-refractivity contribution < 1.29 is 4.43 Å². The Hall–Kier alpha value is -0.603. The van der Waals surface area contributed by atoms with E-state index in [-0.39, 0.29) is 6.10 Å². The first-order chi connectivity index (χ1) is 5.80. The average Bonchev–Trinajstić information content (AvgIpc) is 1.99. The van der Waals surface area contributed by atoms with Gasteiger partial charge in [0.05, 0.1) is 6.10 Å². The summed E-state index contributed by atoms with van der Waals surface area (Å²) in [4.78, 5) is 0. The first kappa shape index (κ1) is 12.4. The predicted molar refractivity (Wildman–Crippen MR) is 62.2 cm³/mol. The minimum Gasteiger partial charge on any atom is -0.403 e. The normalized spacial score (nSPS) is 11.5. The van der Waals surface area contributed by atoms with Gasteiger partial charge < -0.3 is 4.43 Å². The molecule has 0 saturated heterocycles. The largest absolute Gasteiger partial charge is 0.403 e. The van der Waals surface area contributed by atoms with Gasteiger partial charge in [0.25, 0.3) is 0 Å². The molecule has 0 spiro atoms. The number of rotatable bonds is 5. The van der Waals surface area contributed by atoms with Crippen LogP contribution in [-0.2, 0) is 4.43 Å². The fraction of sp³-hybridized carbons (Fsp3) is 0.455. The van der Waals surface area contributed by atoms with Gasteiger partial charge >= 0.3 is 0 Å². The Labute approximate surface area is 82.9 Å². The quantitative estimate of drug-likeness (QED) is 0.483. The molecule has 0 aromatic carbocycles. The van der Waals surface area contributed by atoms with Gasteiger partial charge in [-0.05, 0) is 38.1 Å². The zero-order chi connectivity index (χ0) is 10.6. The molecule has 0 aromatic rings. The van der Waals surface area contributed by atoms with Gasteiger partial charge in [0.2, 0.25) is 8.32 Å². The molecule has 1 nitrogen and oxygen atoms in total. The molecule has 0 aliphatic heterocycles. The topological polar surface area (TPSA) is 9.23 Å². The summed E-state index contributed by atoms with van der Waals surface area (Å²) in [5.41, 5.74) is 3.94. The first-order valence-electron chi connectivity index (χ1n) is 4.42. The van der Waals surface area contributed by atoms with Crippen molar-refractivity contribution in [2.75, 3.05) is 0 Å². The Kier molecular flexibility index (Phi) is 4.37. The van der Waals surface area contributed by atoms with Crippen molar-refractivity contribution in [1.82, 2.24) is 0 Å². The summed E-state index contributed by atoms with van der Waals surface area (Å²) in [6, 6.07) is 0. The highest BCUT2D eigenvalue weighted by atomic mass is 28.4. The lowest BCUT2D eigenvalue weighted by atomic mass is 10.1. The van der Waals surface area contributed by atoms with Crippen molar-refractivity contribution in [3.63, 3.8) is 0 Å². The van der Waals surface area contributed by atoms with E-state index in [0.717, 1.165) is 11.1 Å². The molecule has 0 saturated carbocycles. The average molecular weight is 196 g/mol. The third-order valence-electron chi connectivity index (χ3n) is 1.81. The minimum absolute atomic E-state index is 0.0142. The zero-order valence-corrected chi connectivity index (χ0v) is 10.2. The molecule has 0 fully saturated rings. The summed E-state index contributed by atoms with van der Waals surface area (Å²) < 4.78 is 5.93. The van der Waals surface area contributed by atoms with Crippen LogP contribution in [0.1, 0.15) is 13.8 Å². The fourth-order valence-electron chi connectivity index (χ4n) is 0.974. The van der Waals surface area contributed by atoms with Crippen molar-refractivity contribution in [1.29, 1.82) is 0 Å². The molecule has 0 bridgehead atoms. The molecule has 0 radical (unpaired) electrons. The van der Waals surface area contributed by atoms with E-state index < -0.39 is 8.32 Å². The van der Waals surface area contributed by atoms with E-state index in [0.29, 0.717) is 0 Å². The highest BCUT2D eigenvalue weighted by Gasteiger charge is 2.23. The van der Waals surface area contributed by atoms with Crippen LogP contribution in [0.3, 0.4) is 0 Å². The standard InChI is InChI=1S/C11H20OSi/c1-8-13(6,7)12-11(9(2)3)10(4)5/h8,11H,1-2,4H2,3,5-7H3. The highest BCUT2D eigenvalue weighted by molar-refractivity contribution is 6.76. The van der Waals surface area contributed by atoms with Crippen molar-refractivity contribution in [2.24, 2.45) is 0 Å². The van der Waals surface area contributed by atoms with Crippen molar-refractivity contribution in [3.8, 4) is 0 Å². The van der Waals surface area contributed by atoms with Crippen molar-refractivity contribution >= 4 is 8.32 Å². The Morgan fingerprint density at radius 1 is 1.23 bits per heavy atom. The summed E-state index contributed by atoms with van der Waals surface area (Å²) in [5.74, 6) is 0. The predicted octanol–water partition coefficient (Wildman–Crippen LogP) is 3.45. The molecule has 0 atom stereocenters. The number of hydrogen-bond donors (Lipinski definition) is 0. The van der Waals surface area contributed by atoms with Crippen LogP contribution in [0.5, 0.6) is 0 Å². The van der Waals surface area contributed by atoms with Gasteiger partial charge in [0, 0.05) is 0 Å². The Morgan fingerprint density at radius 3 is 1.85 bits per heavy atom. The van der Waals surface area contributed by atoms with Gasteiger partial charge in [-0.25, -0.2) is 0 Å². The van der Waals surface area contributed by atoms with Gasteiger partial charge in [-0.1, -0.05) is 18.9 Å². The zero-order valence-electron chi connectivity index (χ0n) is 9.18. The molecule has 0 amide bonds. The summed E-state index contributed by atoms with van der Waals surface area (Å²) in [6.45, 7) is 19.7. The SMILES string of the molecule is C=C[Si](C)(C)OC(C(=C)C)C(=C)C. The van der Waals surface area contributed by atoms with Crippen LogP contribution in [0.25, 0.3) is 0 Å².